The molecule has 0 atom stereocenters. The molecular weight excluding hydrogens is 220 g/mol. The summed E-state index contributed by atoms with van der Waals surface area (Å²) in [6.45, 7) is -0.0203. The quantitative estimate of drug-likeness (QED) is 0.737. The van der Waals surface area contributed by atoms with Crippen molar-refractivity contribution in [3.8, 4) is 11.5 Å². The first-order chi connectivity index (χ1) is 7.04. The Hall–Kier alpha value is -1.31. The number of hydrogen-bond donors (Lipinski definition) is 2. The Bertz CT molecular complexity index is 434. The summed E-state index contributed by atoms with van der Waals surface area (Å²) in [5, 5.41) is 4.77. The third kappa shape index (κ3) is 2.58. The van der Waals surface area contributed by atoms with E-state index in [0.717, 1.165) is 0 Å². The maximum Gasteiger partial charge on any atom is 0.274 e. The van der Waals surface area contributed by atoms with Crippen LogP contribution in [0.3, 0.4) is 0 Å². The summed E-state index contributed by atoms with van der Waals surface area (Å²) in [5.74, 6) is 1.19. The average molecular weight is 230 g/mol. The lowest BCUT2D eigenvalue weighted by Crippen LogP contribution is -2.39. The molecule has 0 amide bonds. The molecule has 0 unspecified atom stereocenters. The number of para-hydroxylation sites is 2. The molecule has 0 saturated heterocycles. The minimum atomic E-state index is -3.71. The largest absolute Gasteiger partial charge is 0.450 e. The predicted molar refractivity (Wildman–Crippen MR) is 52.6 cm³/mol. The van der Waals surface area contributed by atoms with Crippen LogP contribution in [0.2, 0.25) is 0 Å². The summed E-state index contributed by atoms with van der Waals surface area (Å²) >= 11 is 0. The first kappa shape index (κ1) is 10.2. The van der Waals surface area contributed by atoms with Crippen LogP contribution in [0.25, 0.3) is 0 Å². The molecular formula is C8H10N2O4S. The van der Waals surface area contributed by atoms with Crippen molar-refractivity contribution in [3.05, 3.63) is 24.3 Å². The summed E-state index contributed by atoms with van der Waals surface area (Å²) in [6.07, 6.45) is -0.666. The van der Waals surface area contributed by atoms with Crippen molar-refractivity contribution in [2.24, 2.45) is 5.14 Å². The van der Waals surface area contributed by atoms with Crippen LogP contribution >= 0.6 is 0 Å². The second kappa shape index (κ2) is 3.69. The van der Waals surface area contributed by atoms with Crippen LogP contribution in [-0.4, -0.2) is 21.3 Å². The first-order valence-electron chi connectivity index (χ1n) is 4.24. The Morgan fingerprint density at radius 1 is 1.27 bits per heavy atom. The maximum absolute atomic E-state index is 10.6. The van der Waals surface area contributed by atoms with E-state index in [1.54, 1.807) is 24.3 Å². The summed E-state index contributed by atoms with van der Waals surface area (Å²) in [4.78, 5) is 0. The Morgan fingerprint density at radius 2 is 1.80 bits per heavy atom. The molecule has 1 heterocycles. The van der Waals surface area contributed by atoms with Gasteiger partial charge in [-0.15, -0.1) is 0 Å². The number of nitrogens with one attached hydrogen (secondary N) is 1. The fourth-order valence-corrected chi connectivity index (χ4v) is 1.59. The Labute approximate surface area is 87.2 Å². The average Bonchev–Trinajstić information content (AvgIpc) is 2.56. The Balaban J connectivity index is 1.96. The lowest BCUT2D eigenvalue weighted by Gasteiger charge is -2.09. The molecule has 1 aliphatic rings. The zero-order valence-electron chi connectivity index (χ0n) is 7.71. The molecule has 82 valence electrons. The van der Waals surface area contributed by atoms with Gasteiger partial charge < -0.3 is 9.47 Å². The molecule has 0 fully saturated rings. The van der Waals surface area contributed by atoms with Gasteiger partial charge >= 0.3 is 0 Å². The molecule has 3 N–H and O–H groups in total. The van der Waals surface area contributed by atoms with E-state index in [1.807, 2.05) is 0 Å². The van der Waals surface area contributed by atoms with E-state index in [0.29, 0.717) is 11.5 Å². The van der Waals surface area contributed by atoms with Crippen molar-refractivity contribution >= 4 is 10.2 Å². The second-order valence-corrected chi connectivity index (χ2v) is 4.38. The topological polar surface area (TPSA) is 90.7 Å². The number of rotatable bonds is 3. The summed E-state index contributed by atoms with van der Waals surface area (Å²) in [5.41, 5.74) is 0. The van der Waals surface area contributed by atoms with Crippen LogP contribution in [0, 0.1) is 0 Å². The number of hydrogen-bond acceptors (Lipinski definition) is 4. The van der Waals surface area contributed by atoms with Crippen molar-refractivity contribution in [2.75, 3.05) is 6.54 Å². The van der Waals surface area contributed by atoms with Gasteiger partial charge in [-0.3, -0.25) is 0 Å². The minimum absolute atomic E-state index is 0.0203. The van der Waals surface area contributed by atoms with Crippen LogP contribution in [0.15, 0.2) is 24.3 Å². The van der Waals surface area contributed by atoms with Gasteiger partial charge in [-0.2, -0.15) is 13.1 Å². The Morgan fingerprint density at radius 3 is 2.27 bits per heavy atom. The number of ether oxygens (including phenoxy) is 2. The molecule has 2 rings (SSSR count). The van der Waals surface area contributed by atoms with Crippen molar-refractivity contribution in [1.82, 2.24) is 4.72 Å². The third-order valence-corrected chi connectivity index (χ3v) is 2.39. The lowest BCUT2D eigenvalue weighted by molar-refractivity contribution is 0.0546. The highest BCUT2D eigenvalue weighted by Gasteiger charge is 2.24. The molecule has 0 saturated carbocycles. The van der Waals surface area contributed by atoms with E-state index in [9.17, 15) is 8.42 Å². The molecule has 1 aromatic carbocycles. The van der Waals surface area contributed by atoms with Crippen molar-refractivity contribution in [2.45, 2.75) is 6.29 Å². The van der Waals surface area contributed by atoms with E-state index in [2.05, 4.69) is 4.72 Å². The second-order valence-electron chi connectivity index (χ2n) is 3.01. The Kier molecular flexibility index (Phi) is 2.51. The molecule has 1 aromatic rings. The predicted octanol–water partition coefficient (Wildman–Crippen LogP) is -0.423. The molecule has 7 heteroatoms. The van der Waals surface area contributed by atoms with E-state index < -0.39 is 16.5 Å². The number of nitrogens with two attached hydrogens (primary N) is 1. The highest BCUT2D eigenvalue weighted by Crippen LogP contribution is 2.33. The van der Waals surface area contributed by atoms with Gasteiger partial charge in [-0.25, -0.2) is 5.14 Å². The van der Waals surface area contributed by atoms with Gasteiger partial charge in [0.25, 0.3) is 16.5 Å². The molecule has 0 radical (unpaired) electrons. The molecule has 1 aliphatic heterocycles. The van der Waals surface area contributed by atoms with Gasteiger partial charge in [-0.1, -0.05) is 12.1 Å². The van der Waals surface area contributed by atoms with E-state index in [-0.39, 0.29) is 6.54 Å². The van der Waals surface area contributed by atoms with Crippen LogP contribution < -0.4 is 19.3 Å². The number of benzene rings is 1. The van der Waals surface area contributed by atoms with E-state index >= 15 is 0 Å². The van der Waals surface area contributed by atoms with Gasteiger partial charge in [0.05, 0.1) is 6.54 Å². The highest BCUT2D eigenvalue weighted by atomic mass is 32.2. The summed E-state index contributed by atoms with van der Waals surface area (Å²) in [6, 6.07) is 7.09. The summed E-state index contributed by atoms with van der Waals surface area (Å²) < 4.78 is 33.9. The third-order valence-electron chi connectivity index (χ3n) is 1.82. The van der Waals surface area contributed by atoms with Crippen molar-refractivity contribution < 1.29 is 17.9 Å². The van der Waals surface area contributed by atoms with Gasteiger partial charge in [0.2, 0.25) is 0 Å². The van der Waals surface area contributed by atoms with Gasteiger partial charge in [0, 0.05) is 0 Å². The first-order valence-corrected chi connectivity index (χ1v) is 5.79. The monoisotopic (exact) mass is 230 g/mol. The highest BCUT2D eigenvalue weighted by molar-refractivity contribution is 7.87. The van der Waals surface area contributed by atoms with Crippen LogP contribution in [-0.2, 0) is 10.2 Å². The van der Waals surface area contributed by atoms with Crippen LogP contribution in [0.4, 0.5) is 0 Å². The molecule has 0 bridgehead atoms. The summed E-state index contributed by atoms with van der Waals surface area (Å²) in [7, 11) is -3.71. The minimum Gasteiger partial charge on any atom is -0.450 e. The SMILES string of the molecule is NS(=O)(=O)NCC1Oc2ccccc2O1. The number of fused-ring (bicyclic) bond motifs is 1. The van der Waals surface area contributed by atoms with Gasteiger partial charge in [0.15, 0.2) is 11.5 Å². The maximum atomic E-state index is 10.6. The smallest absolute Gasteiger partial charge is 0.274 e. The van der Waals surface area contributed by atoms with Gasteiger partial charge in [-0.05, 0) is 12.1 Å². The fourth-order valence-electron chi connectivity index (χ4n) is 1.22. The fraction of sp³-hybridized carbons (Fsp3) is 0.250. The lowest BCUT2D eigenvalue weighted by atomic mass is 10.3. The molecule has 0 aromatic heterocycles. The standard InChI is InChI=1S/C8H10N2O4S/c9-15(11,12)10-5-8-13-6-3-1-2-4-7(6)14-8/h1-4,8,10H,5H2,(H2,9,11,12). The van der Waals surface area contributed by atoms with E-state index in [4.69, 9.17) is 14.6 Å². The zero-order chi connectivity index (χ0) is 10.9. The van der Waals surface area contributed by atoms with Crippen molar-refractivity contribution in [1.29, 1.82) is 0 Å². The molecule has 0 aliphatic carbocycles. The van der Waals surface area contributed by atoms with Crippen molar-refractivity contribution in [3.63, 3.8) is 0 Å². The van der Waals surface area contributed by atoms with Crippen LogP contribution in [0.1, 0.15) is 0 Å². The van der Waals surface area contributed by atoms with E-state index in [1.165, 1.54) is 0 Å². The molecule has 15 heavy (non-hydrogen) atoms. The van der Waals surface area contributed by atoms with Gasteiger partial charge in [0.1, 0.15) is 0 Å². The zero-order valence-corrected chi connectivity index (χ0v) is 8.53. The van der Waals surface area contributed by atoms with Crippen LogP contribution in [0.5, 0.6) is 11.5 Å². The normalized spacial score (nSPS) is 15.5. The molecule has 6 nitrogen and oxygen atoms in total. The molecule has 0 spiro atoms.